The van der Waals surface area contributed by atoms with Crippen molar-refractivity contribution in [2.75, 3.05) is 5.73 Å². The summed E-state index contributed by atoms with van der Waals surface area (Å²) in [5.41, 5.74) is 7.39. The third-order valence-corrected chi connectivity index (χ3v) is 3.72. The lowest BCUT2D eigenvalue weighted by atomic mass is 10.1. The second kappa shape index (κ2) is 6.39. The summed E-state index contributed by atoms with van der Waals surface area (Å²) in [4.78, 5) is 4.31. The average Bonchev–Trinajstić information content (AvgIpc) is 2.94. The van der Waals surface area contributed by atoms with Crippen molar-refractivity contribution in [2.45, 2.75) is 19.1 Å². The molecule has 0 aliphatic carbocycles. The molecular formula is C18H16F3N3. The highest BCUT2D eigenvalue weighted by Crippen LogP contribution is 2.29. The van der Waals surface area contributed by atoms with Crippen LogP contribution in [0.4, 0.5) is 18.9 Å². The van der Waals surface area contributed by atoms with Gasteiger partial charge >= 0.3 is 6.18 Å². The highest BCUT2D eigenvalue weighted by Gasteiger charge is 2.30. The van der Waals surface area contributed by atoms with Gasteiger partial charge in [0.15, 0.2) is 0 Å². The van der Waals surface area contributed by atoms with E-state index in [2.05, 4.69) is 4.98 Å². The molecule has 0 aliphatic rings. The fourth-order valence-corrected chi connectivity index (χ4v) is 2.58. The molecule has 0 fully saturated rings. The van der Waals surface area contributed by atoms with Crippen molar-refractivity contribution in [3.63, 3.8) is 0 Å². The number of rotatable bonds is 4. The van der Waals surface area contributed by atoms with E-state index in [0.29, 0.717) is 24.2 Å². The van der Waals surface area contributed by atoms with E-state index in [9.17, 15) is 13.2 Å². The van der Waals surface area contributed by atoms with Gasteiger partial charge in [-0.3, -0.25) is 0 Å². The van der Waals surface area contributed by atoms with Gasteiger partial charge in [-0.05, 0) is 35.4 Å². The Hall–Kier alpha value is -2.76. The maximum atomic E-state index is 12.8. The highest BCUT2D eigenvalue weighted by molar-refractivity contribution is 5.41. The number of aromatic nitrogens is 2. The molecule has 6 heteroatoms. The van der Waals surface area contributed by atoms with Crippen LogP contribution in [0.5, 0.6) is 0 Å². The number of alkyl halides is 3. The molecule has 0 bridgehead atoms. The van der Waals surface area contributed by atoms with Crippen molar-refractivity contribution < 1.29 is 13.2 Å². The van der Waals surface area contributed by atoms with E-state index in [1.54, 1.807) is 24.5 Å². The van der Waals surface area contributed by atoms with Gasteiger partial charge in [-0.25, -0.2) is 4.98 Å². The third kappa shape index (κ3) is 3.76. The summed E-state index contributed by atoms with van der Waals surface area (Å²) in [6, 6.07) is 12.8. The van der Waals surface area contributed by atoms with Crippen molar-refractivity contribution in [3.8, 4) is 0 Å². The Balaban J connectivity index is 1.81. The quantitative estimate of drug-likeness (QED) is 0.731. The fourth-order valence-electron chi connectivity index (χ4n) is 2.58. The Labute approximate surface area is 137 Å². The standard InChI is InChI=1S/C18H16F3N3/c19-18(20,21)15-5-1-4-14(9-15)12-24-8-7-23-17(24)11-13-3-2-6-16(22)10-13/h1-10H,11-12,22H2. The van der Waals surface area contributed by atoms with Gasteiger partial charge in [-0.1, -0.05) is 24.3 Å². The normalized spacial score (nSPS) is 11.6. The molecule has 0 unspecified atom stereocenters. The van der Waals surface area contributed by atoms with Gasteiger partial charge in [0.1, 0.15) is 5.82 Å². The van der Waals surface area contributed by atoms with E-state index in [0.717, 1.165) is 17.5 Å². The minimum Gasteiger partial charge on any atom is -0.399 e. The number of anilines is 1. The van der Waals surface area contributed by atoms with Crippen LogP contribution in [-0.4, -0.2) is 9.55 Å². The molecule has 0 aliphatic heterocycles. The minimum atomic E-state index is -4.34. The van der Waals surface area contributed by atoms with Crippen LogP contribution in [0.1, 0.15) is 22.5 Å². The number of halogens is 3. The molecule has 0 atom stereocenters. The maximum Gasteiger partial charge on any atom is 0.416 e. The van der Waals surface area contributed by atoms with Crippen LogP contribution in [0.3, 0.4) is 0 Å². The molecule has 2 aromatic carbocycles. The average molecular weight is 331 g/mol. The number of nitrogens with zero attached hydrogens (tertiary/aromatic N) is 2. The maximum absolute atomic E-state index is 12.8. The van der Waals surface area contributed by atoms with Crippen LogP contribution in [-0.2, 0) is 19.1 Å². The zero-order chi connectivity index (χ0) is 17.2. The lowest BCUT2D eigenvalue weighted by Gasteiger charge is -2.11. The SMILES string of the molecule is Nc1cccc(Cc2nccn2Cc2cccc(C(F)(F)F)c2)c1. The molecule has 3 nitrogen and oxygen atoms in total. The molecule has 2 N–H and O–H groups in total. The smallest absolute Gasteiger partial charge is 0.399 e. The van der Waals surface area contributed by atoms with Crippen molar-refractivity contribution in [2.24, 2.45) is 0 Å². The second-order valence-electron chi connectivity index (χ2n) is 5.59. The number of imidazole rings is 1. The monoisotopic (exact) mass is 331 g/mol. The third-order valence-electron chi connectivity index (χ3n) is 3.72. The van der Waals surface area contributed by atoms with E-state index >= 15 is 0 Å². The molecule has 1 aromatic heterocycles. The summed E-state index contributed by atoms with van der Waals surface area (Å²) in [6.07, 6.45) is -0.358. The first-order valence-electron chi connectivity index (χ1n) is 7.42. The summed E-state index contributed by atoms with van der Waals surface area (Å²) >= 11 is 0. The van der Waals surface area contributed by atoms with Gasteiger partial charge in [-0.2, -0.15) is 13.2 Å². The molecule has 0 amide bonds. The van der Waals surface area contributed by atoms with E-state index in [-0.39, 0.29) is 0 Å². The van der Waals surface area contributed by atoms with Gasteiger partial charge in [0.2, 0.25) is 0 Å². The van der Waals surface area contributed by atoms with E-state index in [4.69, 9.17) is 5.73 Å². The molecular weight excluding hydrogens is 315 g/mol. The Morgan fingerprint density at radius 2 is 1.75 bits per heavy atom. The molecule has 0 saturated carbocycles. The summed E-state index contributed by atoms with van der Waals surface area (Å²) in [6.45, 7) is 0.335. The molecule has 124 valence electrons. The van der Waals surface area contributed by atoms with Crippen LogP contribution in [0.2, 0.25) is 0 Å². The lowest BCUT2D eigenvalue weighted by molar-refractivity contribution is -0.137. The summed E-state index contributed by atoms with van der Waals surface area (Å²) < 4.78 is 40.3. The number of hydrogen-bond donors (Lipinski definition) is 1. The van der Waals surface area contributed by atoms with Gasteiger partial charge in [0, 0.05) is 31.0 Å². The van der Waals surface area contributed by atoms with Gasteiger partial charge in [-0.15, -0.1) is 0 Å². The van der Waals surface area contributed by atoms with Crippen LogP contribution in [0, 0.1) is 0 Å². The number of benzene rings is 2. The molecule has 0 spiro atoms. The van der Waals surface area contributed by atoms with Crippen molar-refractivity contribution in [1.29, 1.82) is 0 Å². The minimum absolute atomic E-state index is 0.335. The fraction of sp³-hybridized carbons (Fsp3) is 0.167. The summed E-state index contributed by atoms with van der Waals surface area (Å²) in [7, 11) is 0. The molecule has 0 radical (unpaired) electrons. The van der Waals surface area contributed by atoms with Crippen LogP contribution < -0.4 is 5.73 Å². The first kappa shape index (κ1) is 16.1. The van der Waals surface area contributed by atoms with Crippen molar-refractivity contribution >= 4 is 5.69 Å². The van der Waals surface area contributed by atoms with Gasteiger partial charge in [0.05, 0.1) is 5.56 Å². The number of nitrogens with two attached hydrogens (primary N) is 1. The zero-order valence-electron chi connectivity index (χ0n) is 12.8. The van der Waals surface area contributed by atoms with Crippen LogP contribution in [0.25, 0.3) is 0 Å². The predicted molar refractivity (Wildman–Crippen MR) is 86.4 cm³/mol. The van der Waals surface area contributed by atoms with E-state index in [1.807, 2.05) is 22.8 Å². The zero-order valence-corrected chi connectivity index (χ0v) is 12.8. The second-order valence-corrected chi connectivity index (χ2v) is 5.59. The first-order chi connectivity index (χ1) is 11.4. The lowest BCUT2D eigenvalue weighted by Crippen LogP contribution is -2.08. The van der Waals surface area contributed by atoms with Crippen LogP contribution in [0.15, 0.2) is 60.9 Å². The van der Waals surface area contributed by atoms with Crippen molar-refractivity contribution in [1.82, 2.24) is 9.55 Å². The van der Waals surface area contributed by atoms with Gasteiger partial charge < -0.3 is 10.3 Å². The first-order valence-corrected chi connectivity index (χ1v) is 7.42. The van der Waals surface area contributed by atoms with E-state index in [1.165, 1.54) is 12.1 Å². The van der Waals surface area contributed by atoms with Crippen LogP contribution >= 0.6 is 0 Å². The highest BCUT2D eigenvalue weighted by atomic mass is 19.4. The largest absolute Gasteiger partial charge is 0.416 e. The molecule has 3 aromatic rings. The Bertz CT molecular complexity index is 837. The molecule has 0 saturated heterocycles. The van der Waals surface area contributed by atoms with Gasteiger partial charge in [0.25, 0.3) is 0 Å². The van der Waals surface area contributed by atoms with Crippen molar-refractivity contribution in [3.05, 3.63) is 83.4 Å². The summed E-state index contributed by atoms with van der Waals surface area (Å²) in [5.74, 6) is 0.776. The number of hydrogen-bond acceptors (Lipinski definition) is 2. The van der Waals surface area contributed by atoms with E-state index < -0.39 is 11.7 Å². The molecule has 24 heavy (non-hydrogen) atoms. The molecule has 1 heterocycles. The Morgan fingerprint density at radius 3 is 2.50 bits per heavy atom. The Kier molecular flexibility index (Phi) is 4.29. The Morgan fingerprint density at radius 1 is 1.00 bits per heavy atom. The summed E-state index contributed by atoms with van der Waals surface area (Å²) in [5, 5.41) is 0. The predicted octanol–water partition coefficient (Wildman–Crippen LogP) is 4.12. The number of nitrogen functional groups attached to an aromatic ring is 1. The topological polar surface area (TPSA) is 43.8 Å². The molecule has 3 rings (SSSR count).